The third-order valence-corrected chi connectivity index (χ3v) is 4.11. The summed E-state index contributed by atoms with van der Waals surface area (Å²) in [6, 6.07) is 8.00. The predicted octanol–water partition coefficient (Wildman–Crippen LogP) is 3.03. The van der Waals surface area contributed by atoms with Crippen LogP contribution in [0, 0.1) is 5.82 Å². The summed E-state index contributed by atoms with van der Waals surface area (Å²) < 4.78 is 12.9. The van der Waals surface area contributed by atoms with E-state index in [0.29, 0.717) is 18.0 Å². The molecule has 0 spiro atoms. The van der Waals surface area contributed by atoms with Crippen LogP contribution in [0.3, 0.4) is 0 Å². The first-order chi connectivity index (χ1) is 8.58. The molecule has 3 unspecified atom stereocenters. The largest absolute Gasteiger partial charge is 0.311 e. The van der Waals surface area contributed by atoms with Gasteiger partial charge in [0.15, 0.2) is 0 Å². The molecule has 0 saturated carbocycles. The first-order valence-corrected chi connectivity index (χ1v) is 6.81. The number of rotatable bonds is 3. The van der Waals surface area contributed by atoms with Crippen molar-refractivity contribution < 1.29 is 4.39 Å². The number of nitrogens with one attached hydrogen (secondary N) is 1. The van der Waals surface area contributed by atoms with Crippen molar-refractivity contribution in [1.82, 2.24) is 10.2 Å². The Hall–Kier alpha value is -0.640. The molecule has 4 heteroatoms. The van der Waals surface area contributed by atoms with Crippen LogP contribution >= 0.6 is 12.4 Å². The van der Waals surface area contributed by atoms with Gasteiger partial charge in [-0.2, -0.15) is 0 Å². The minimum atomic E-state index is -0.157. The molecule has 2 rings (SSSR count). The smallest absolute Gasteiger partial charge is 0.123 e. The molecule has 0 aromatic heterocycles. The summed E-state index contributed by atoms with van der Waals surface area (Å²) in [7, 11) is 0. The highest BCUT2D eigenvalue weighted by Crippen LogP contribution is 2.19. The molecule has 1 aromatic carbocycles. The van der Waals surface area contributed by atoms with Crippen LogP contribution in [-0.4, -0.2) is 36.6 Å². The second-order valence-electron chi connectivity index (χ2n) is 5.43. The second kappa shape index (κ2) is 7.22. The zero-order valence-corrected chi connectivity index (χ0v) is 12.7. The molecule has 0 amide bonds. The van der Waals surface area contributed by atoms with Crippen LogP contribution in [0.2, 0.25) is 0 Å². The van der Waals surface area contributed by atoms with Gasteiger partial charge in [0.25, 0.3) is 0 Å². The quantitative estimate of drug-likeness (QED) is 0.919. The molecule has 19 heavy (non-hydrogen) atoms. The molecular weight excluding hydrogens is 263 g/mol. The number of nitrogens with zero attached hydrogens (tertiary/aromatic N) is 1. The van der Waals surface area contributed by atoms with E-state index in [1.54, 1.807) is 12.1 Å². The van der Waals surface area contributed by atoms with Crippen molar-refractivity contribution in [2.75, 3.05) is 19.6 Å². The molecule has 2 nitrogen and oxygen atoms in total. The van der Waals surface area contributed by atoms with Crippen molar-refractivity contribution >= 4 is 12.4 Å². The minimum absolute atomic E-state index is 0. The Kier molecular flexibility index (Phi) is 6.24. The van der Waals surface area contributed by atoms with E-state index in [4.69, 9.17) is 0 Å². The van der Waals surface area contributed by atoms with Gasteiger partial charge in [0.1, 0.15) is 5.82 Å². The normalized spacial score (nSPS) is 25.7. The van der Waals surface area contributed by atoms with Crippen LogP contribution in [0.4, 0.5) is 4.39 Å². The van der Waals surface area contributed by atoms with Gasteiger partial charge in [-0.3, -0.25) is 4.90 Å². The van der Waals surface area contributed by atoms with Gasteiger partial charge in [0.05, 0.1) is 0 Å². The lowest BCUT2D eigenvalue weighted by Crippen LogP contribution is -2.55. The summed E-state index contributed by atoms with van der Waals surface area (Å²) >= 11 is 0. The van der Waals surface area contributed by atoms with Crippen LogP contribution in [0.1, 0.15) is 32.3 Å². The first kappa shape index (κ1) is 16.4. The summed E-state index contributed by atoms with van der Waals surface area (Å²) in [6.45, 7) is 9.91. The SMILES string of the molecule is CC(CN1CCNC(C)C1C)c1ccc(F)cc1.Cl. The van der Waals surface area contributed by atoms with E-state index in [2.05, 4.69) is 31.0 Å². The van der Waals surface area contributed by atoms with Crippen LogP contribution in [0.5, 0.6) is 0 Å². The molecule has 1 N–H and O–H groups in total. The van der Waals surface area contributed by atoms with Crippen molar-refractivity contribution in [3.63, 3.8) is 0 Å². The molecule has 108 valence electrons. The van der Waals surface area contributed by atoms with Gasteiger partial charge in [-0.1, -0.05) is 19.1 Å². The van der Waals surface area contributed by atoms with E-state index < -0.39 is 0 Å². The molecule has 1 fully saturated rings. The van der Waals surface area contributed by atoms with E-state index in [1.165, 1.54) is 5.56 Å². The minimum Gasteiger partial charge on any atom is -0.311 e. The Morgan fingerprint density at radius 3 is 2.58 bits per heavy atom. The van der Waals surface area contributed by atoms with Crippen molar-refractivity contribution in [3.8, 4) is 0 Å². The topological polar surface area (TPSA) is 15.3 Å². The average molecular weight is 287 g/mol. The van der Waals surface area contributed by atoms with E-state index in [-0.39, 0.29) is 18.2 Å². The fourth-order valence-electron chi connectivity index (χ4n) is 2.63. The fraction of sp³-hybridized carbons (Fsp3) is 0.600. The maximum atomic E-state index is 12.9. The van der Waals surface area contributed by atoms with Crippen molar-refractivity contribution in [1.29, 1.82) is 0 Å². The Morgan fingerprint density at radius 2 is 1.95 bits per heavy atom. The molecule has 1 aromatic rings. The van der Waals surface area contributed by atoms with Gasteiger partial charge in [-0.05, 0) is 37.5 Å². The lowest BCUT2D eigenvalue weighted by atomic mass is 9.98. The first-order valence-electron chi connectivity index (χ1n) is 6.81. The second-order valence-corrected chi connectivity index (χ2v) is 5.43. The summed E-state index contributed by atoms with van der Waals surface area (Å²) in [4.78, 5) is 2.52. The molecule has 1 saturated heterocycles. The molecule has 1 aliphatic heterocycles. The highest BCUT2D eigenvalue weighted by atomic mass is 35.5. The van der Waals surface area contributed by atoms with Gasteiger partial charge in [0.2, 0.25) is 0 Å². The Bertz CT molecular complexity index is 382. The molecule has 1 heterocycles. The Balaban J connectivity index is 0.00000180. The summed E-state index contributed by atoms with van der Waals surface area (Å²) in [5.41, 5.74) is 1.22. The lowest BCUT2D eigenvalue weighted by Gasteiger charge is -2.40. The summed E-state index contributed by atoms with van der Waals surface area (Å²) in [5.74, 6) is 0.286. The van der Waals surface area contributed by atoms with Crippen LogP contribution < -0.4 is 5.32 Å². The number of benzene rings is 1. The van der Waals surface area contributed by atoms with Crippen molar-refractivity contribution in [2.45, 2.75) is 38.8 Å². The zero-order valence-electron chi connectivity index (χ0n) is 11.9. The number of halogens is 2. The van der Waals surface area contributed by atoms with Gasteiger partial charge in [-0.15, -0.1) is 12.4 Å². The maximum absolute atomic E-state index is 12.9. The summed E-state index contributed by atoms with van der Waals surface area (Å²) in [6.07, 6.45) is 0. The average Bonchev–Trinajstić information content (AvgIpc) is 2.36. The number of piperazine rings is 1. The molecule has 0 aliphatic carbocycles. The molecule has 0 radical (unpaired) electrons. The summed E-state index contributed by atoms with van der Waals surface area (Å²) in [5, 5.41) is 3.49. The zero-order chi connectivity index (χ0) is 13.1. The molecular formula is C15H24ClFN2. The highest BCUT2D eigenvalue weighted by Gasteiger charge is 2.25. The predicted molar refractivity (Wildman–Crippen MR) is 80.6 cm³/mol. The van der Waals surface area contributed by atoms with Gasteiger partial charge in [0, 0.05) is 31.7 Å². The molecule has 0 bridgehead atoms. The third kappa shape index (κ3) is 4.16. The lowest BCUT2D eigenvalue weighted by molar-refractivity contribution is 0.132. The van der Waals surface area contributed by atoms with E-state index in [9.17, 15) is 4.39 Å². The van der Waals surface area contributed by atoms with E-state index >= 15 is 0 Å². The van der Waals surface area contributed by atoms with Gasteiger partial charge >= 0.3 is 0 Å². The van der Waals surface area contributed by atoms with Gasteiger partial charge in [-0.25, -0.2) is 4.39 Å². The van der Waals surface area contributed by atoms with Gasteiger partial charge < -0.3 is 5.32 Å². The van der Waals surface area contributed by atoms with Crippen molar-refractivity contribution in [3.05, 3.63) is 35.6 Å². The van der Waals surface area contributed by atoms with Crippen LogP contribution in [0.15, 0.2) is 24.3 Å². The van der Waals surface area contributed by atoms with Crippen LogP contribution in [-0.2, 0) is 0 Å². The monoisotopic (exact) mass is 286 g/mol. The van der Waals surface area contributed by atoms with E-state index in [1.807, 2.05) is 12.1 Å². The Morgan fingerprint density at radius 1 is 1.32 bits per heavy atom. The highest BCUT2D eigenvalue weighted by molar-refractivity contribution is 5.85. The Labute approximate surface area is 121 Å². The number of hydrogen-bond acceptors (Lipinski definition) is 2. The third-order valence-electron chi connectivity index (χ3n) is 4.11. The molecule has 3 atom stereocenters. The fourth-order valence-corrected chi connectivity index (χ4v) is 2.63. The maximum Gasteiger partial charge on any atom is 0.123 e. The molecule has 1 aliphatic rings. The van der Waals surface area contributed by atoms with Crippen molar-refractivity contribution in [2.24, 2.45) is 0 Å². The van der Waals surface area contributed by atoms with E-state index in [0.717, 1.165) is 19.6 Å². The standard InChI is InChI=1S/C15H23FN2.ClH/c1-11(14-4-6-15(16)7-5-14)10-18-9-8-17-12(2)13(18)3;/h4-7,11-13,17H,8-10H2,1-3H3;1H. The number of hydrogen-bond donors (Lipinski definition) is 1. The van der Waals surface area contributed by atoms with Crippen LogP contribution in [0.25, 0.3) is 0 Å².